The van der Waals surface area contributed by atoms with Crippen LogP contribution in [0.2, 0.25) is 0 Å². The van der Waals surface area contributed by atoms with Gasteiger partial charge in [-0.3, -0.25) is 10.00 Å². The lowest BCUT2D eigenvalue weighted by Crippen LogP contribution is -2.49. The minimum absolute atomic E-state index is 0.176. The van der Waals surface area contributed by atoms with Gasteiger partial charge >= 0.3 is 0 Å². The predicted molar refractivity (Wildman–Crippen MR) is 142 cm³/mol. The average Bonchev–Trinajstić information content (AvgIpc) is 3.58. The van der Waals surface area contributed by atoms with Crippen LogP contribution in [0.25, 0.3) is 39.1 Å². The monoisotopic (exact) mass is 502 g/mol. The van der Waals surface area contributed by atoms with E-state index < -0.39 is 0 Å². The molecule has 0 unspecified atom stereocenters. The third kappa shape index (κ3) is 4.66. The van der Waals surface area contributed by atoms with Crippen molar-refractivity contribution in [1.29, 1.82) is 0 Å². The second kappa shape index (κ2) is 10.1. The number of morpholine rings is 1. The second-order valence-corrected chi connectivity index (χ2v) is 9.73. The van der Waals surface area contributed by atoms with Crippen LogP contribution < -0.4 is 5.32 Å². The summed E-state index contributed by atoms with van der Waals surface area (Å²) >= 11 is 0. The van der Waals surface area contributed by atoms with Gasteiger partial charge in [-0.15, -0.1) is 0 Å². The number of halogens is 1. The first-order valence-corrected chi connectivity index (χ1v) is 12.9. The van der Waals surface area contributed by atoms with Crippen molar-refractivity contribution in [2.75, 3.05) is 39.4 Å². The highest BCUT2D eigenvalue weighted by Gasteiger charge is 2.23. The van der Waals surface area contributed by atoms with E-state index in [0.29, 0.717) is 40.4 Å². The number of nitrogens with one attached hydrogen (secondary N) is 3. The number of imidazole rings is 1. The summed E-state index contributed by atoms with van der Waals surface area (Å²) in [5, 5.41) is 21.3. The van der Waals surface area contributed by atoms with Crippen molar-refractivity contribution in [3.05, 3.63) is 59.7 Å². The van der Waals surface area contributed by atoms with Gasteiger partial charge in [0, 0.05) is 49.4 Å². The van der Waals surface area contributed by atoms with Crippen molar-refractivity contribution in [2.24, 2.45) is 0 Å². The number of nitrogens with zero attached hydrogens (tertiary/aromatic N) is 3. The molecular weight excluding hydrogens is 471 g/mol. The number of phenols is 1. The third-order valence-electron chi connectivity index (χ3n) is 7.27. The lowest BCUT2D eigenvalue weighted by molar-refractivity contribution is 0.0635. The van der Waals surface area contributed by atoms with E-state index in [1.54, 1.807) is 24.3 Å². The normalized spacial score (nSPS) is 18.9. The molecule has 1 saturated heterocycles. The molecule has 4 heterocycles. The molecule has 0 spiro atoms. The van der Waals surface area contributed by atoms with Crippen LogP contribution in [0, 0.1) is 5.82 Å². The molecular formula is C28H31FN6O2. The van der Waals surface area contributed by atoms with Gasteiger partial charge in [-0.2, -0.15) is 5.10 Å². The number of aromatic amines is 2. The van der Waals surface area contributed by atoms with Crippen LogP contribution in [0.15, 0.2) is 42.6 Å². The van der Waals surface area contributed by atoms with E-state index in [4.69, 9.17) is 9.72 Å². The zero-order valence-electron chi connectivity index (χ0n) is 20.9. The van der Waals surface area contributed by atoms with Crippen LogP contribution in [-0.4, -0.2) is 75.6 Å². The first kappa shape index (κ1) is 23.8. The van der Waals surface area contributed by atoms with Crippen LogP contribution in [0.5, 0.6) is 5.75 Å². The zero-order valence-corrected chi connectivity index (χ0v) is 20.9. The minimum atomic E-state index is -0.366. The van der Waals surface area contributed by atoms with Gasteiger partial charge in [-0.1, -0.05) is 25.1 Å². The zero-order chi connectivity index (χ0) is 25.4. The van der Waals surface area contributed by atoms with E-state index in [2.05, 4.69) is 31.5 Å². The van der Waals surface area contributed by atoms with Crippen molar-refractivity contribution >= 4 is 16.5 Å². The average molecular weight is 503 g/mol. The molecule has 2 aromatic carbocycles. The van der Waals surface area contributed by atoms with E-state index in [0.717, 1.165) is 62.6 Å². The molecule has 192 valence electrons. The summed E-state index contributed by atoms with van der Waals surface area (Å²) in [6.45, 7) is 7.21. The summed E-state index contributed by atoms with van der Waals surface area (Å²) in [6.07, 6.45) is 5.81. The molecule has 2 aliphatic rings. The van der Waals surface area contributed by atoms with Crippen LogP contribution in [0.3, 0.4) is 0 Å². The summed E-state index contributed by atoms with van der Waals surface area (Å²) < 4.78 is 21.2. The highest BCUT2D eigenvalue weighted by atomic mass is 19.1. The van der Waals surface area contributed by atoms with Crippen molar-refractivity contribution in [3.63, 3.8) is 0 Å². The quantitative estimate of drug-likeness (QED) is 0.317. The van der Waals surface area contributed by atoms with Crippen LogP contribution in [-0.2, 0) is 11.2 Å². The number of aromatic hydroxyl groups is 1. The number of hydrogen-bond donors (Lipinski definition) is 4. The smallest absolute Gasteiger partial charge is 0.159 e. The Bertz CT molecular complexity index is 1450. The molecule has 9 heteroatoms. The van der Waals surface area contributed by atoms with E-state index >= 15 is 4.39 Å². The lowest BCUT2D eigenvalue weighted by Gasteiger charge is -2.32. The van der Waals surface area contributed by atoms with E-state index in [-0.39, 0.29) is 11.6 Å². The third-order valence-corrected chi connectivity index (χ3v) is 7.27. The van der Waals surface area contributed by atoms with Crippen molar-refractivity contribution in [2.45, 2.75) is 25.8 Å². The van der Waals surface area contributed by atoms with Gasteiger partial charge in [0.1, 0.15) is 17.0 Å². The Balaban J connectivity index is 1.25. The lowest BCUT2D eigenvalue weighted by atomic mass is 9.96. The summed E-state index contributed by atoms with van der Waals surface area (Å²) in [5.74, 6) is 0.414. The molecule has 1 fully saturated rings. The first-order chi connectivity index (χ1) is 18.1. The Morgan fingerprint density at radius 2 is 2.11 bits per heavy atom. The standard InChI is InChI=1S/C28H31FN6O2/c1-2-17-12-20(36)5-6-21(17)22-7-8-23-26(25(22)29)33-34-27(23)28-31-13-24(32-28)18-4-3-10-35(14-18)15-19-16-37-11-9-30-19/h4-8,12-13,19,30,36H,2-3,9-11,14-16H2,1H3,(H,31,32)(H,33,34)/t19-/m0/s1. The SMILES string of the molecule is CCc1cc(O)ccc1-c1ccc2c(-c3nc(C4=CCCN(C[C@H]5COCCN5)C4)c[nH]3)n[nH]c2c1F. The number of aryl methyl sites for hydroxylation is 1. The van der Waals surface area contributed by atoms with Crippen molar-refractivity contribution in [1.82, 2.24) is 30.4 Å². The minimum Gasteiger partial charge on any atom is -0.508 e. The summed E-state index contributed by atoms with van der Waals surface area (Å²) in [7, 11) is 0. The molecule has 6 rings (SSSR count). The Morgan fingerprint density at radius 3 is 2.95 bits per heavy atom. The second-order valence-electron chi connectivity index (χ2n) is 9.73. The predicted octanol–water partition coefficient (Wildman–Crippen LogP) is 4.10. The Labute approximate surface area is 214 Å². The fourth-order valence-electron chi connectivity index (χ4n) is 5.38. The largest absolute Gasteiger partial charge is 0.508 e. The number of ether oxygens (including phenoxy) is 1. The molecule has 2 aromatic heterocycles. The molecule has 0 radical (unpaired) electrons. The van der Waals surface area contributed by atoms with E-state index in [9.17, 15) is 5.11 Å². The Kier molecular flexibility index (Phi) is 6.50. The number of benzene rings is 2. The highest BCUT2D eigenvalue weighted by Crippen LogP contribution is 2.35. The molecule has 4 aromatic rings. The van der Waals surface area contributed by atoms with Gasteiger partial charge in [0.25, 0.3) is 0 Å². The number of aromatic nitrogens is 4. The molecule has 0 bridgehead atoms. The maximum Gasteiger partial charge on any atom is 0.159 e. The highest BCUT2D eigenvalue weighted by molar-refractivity contribution is 5.95. The summed E-state index contributed by atoms with van der Waals surface area (Å²) in [6, 6.07) is 9.03. The maximum absolute atomic E-state index is 15.6. The van der Waals surface area contributed by atoms with Crippen LogP contribution >= 0.6 is 0 Å². The molecule has 0 saturated carbocycles. The van der Waals surface area contributed by atoms with Gasteiger partial charge in [-0.25, -0.2) is 9.37 Å². The molecule has 1 atom stereocenters. The van der Waals surface area contributed by atoms with Gasteiger partial charge in [0.05, 0.1) is 18.9 Å². The molecule has 0 aliphatic carbocycles. The number of phenolic OH excluding ortho intramolecular Hbond substituents is 1. The number of hydrogen-bond acceptors (Lipinski definition) is 6. The van der Waals surface area contributed by atoms with Crippen LogP contribution in [0.4, 0.5) is 4.39 Å². The molecule has 4 N–H and O–H groups in total. The Morgan fingerprint density at radius 1 is 1.22 bits per heavy atom. The summed E-state index contributed by atoms with van der Waals surface area (Å²) in [5.41, 5.74) is 5.12. The fourth-order valence-corrected chi connectivity index (χ4v) is 5.38. The van der Waals surface area contributed by atoms with Crippen LogP contribution in [0.1, 0.15) is 24.6 Å². The summed E-state index contributed by atoms with van der Waals surface area (Å²) in [4.78, 5) is 10.5. The number of rotatable bonds is 6. The van der Waals surface area contributed by atoms with Crippen molar-refractivity contribution < 1.29 is 14.2 Å². The number of fused-ring (bicyclic) bond motifs is 1. The fraction of sp³-hybridized carbons (Fsp3) is 0.357. The molecule has 8 nitrogen and oxygen atoms in total. The molecule has 2 aliphatic heterocycles. The van der Waals surface area contributed by atoms with Gasteiger partial charge < -0.3 is 20.1 Å². The van der Waals surface area contributed by atoms with E-state index in [1.165, 1.54) is 5.57 Å². The van der Waals surface area contributed by atoms with Gasteiger partial charge in [-0.05, 0) is 47.7 Å². The van der Waals surface area contributed by atoms with E-state index in [1.807, 2.05) is 19.2 Å². The number of H-pyrrole nitrogens is 2. The topological polar surface area (TPSA) is 102 Å². The van der Waals surface area contributed by atoms with Crippen molar-refractivity contribution in [3.8, 4) is 28.4 Å². The van der Waals surface area contributed by atoms with Gasteiger partial charge in [0.15, 0.2) is 11.6 Å². The maximum atomic E-state index is 15.6. The molecule has 0 amide bonds. The Hall–Kier alpha value is -3.53. The first-order valence-electron chi connectivity index (χ1n) is 12.9. The molecule has 37 heavy (non-hydrogen) atoms. The van der Waals surface area contributed by atoms with Gasteiger partial charge in [0.2, 0.25) is 0 Å².